The first-order chi connectivity index (χ1) is 4.88. The van der Waals surface area contributed by atoms with Gasteiger partial charge in [0.05, 0.1) is 0 Å². The summed E-state index contributed by atoms with van der Waals surface area (Å²) in [6, 6.07) is 0. The van der Waals surface area contributed by atoms with Crippen molar-refractivity contribution in [2.24, 2.45) is 0 Å². The van der Waals surface area contributed by atoms with E-state index in [1.54, 1.807) is 0 Å². The van der Waals surface area contributed by atoms with Crippen molar-refractivity contribution in [3.05, 3.63) is 10.6 Å². The summed E-state index contributed by atoms with van der Waals surface area (Å²) in [6.07, 6.45) is 3.27. The van der Waals surface area contributed by atoms with Gasteiger partial charge in [-0.1, -0.05) is 0 Å². The summed E-state index contributed by atoms with van der Waals surface area (Å²) >= 11 is 1.83. The lowest BCUT2D eigenvalue weighted by Crippen LogP contribution is -2.28. The molecule has 0 saturated heterocycles. The molecule has 0 saturated carbocycles. The standard InChI is InChI=1S/C7H14N2S/c1-8-6-3-4-9-5-7(6)10-2/h8-9H,3-5H2,1-2H3. The first kappa shape index (κ1) is 7.95. The highest BCUT2D eigenvalue weighted by molar-refractivity contribution is 8.02. The van der Waals surface area contributed by atoms with Crippen LogP contribution in [-0.2, 0) is 0 Å². The molecule has 0 aromatic carbocycles. The lowest BCUT2D eigenvalue weighted by Gasteiger charge is -2.19. The third-order valence-electron chi connectivity index (χ3n) is 1.72. The zero-order chi connectivity index (χ0) is 7.40. The molecule has 0 aliphatic carbocycles. The van der Waals surface area contributed by atoms with E-state index in [-0.39, 0.29) is 0 Å². The summed E-state index contributed by atoms with van der Waals surface area (Å²) in [5.74, 6) is 0. The number of hydrogen-bond acceptors (Lipinski definition) is 3. The molecule has 0 aromatic heterocycles. The number of thioether (sulfide) groups is 1. The molecule has 2 nitrogen and oxygen atoms in total. The molecule has 0 spiro atoms. The molecular formula is C7H14N2S. The Balaban J connectivity index is 2.63. The van der Waals surface area contributed by atoms with E-state index < -0.39 is 0 Å². The quantitative estimate of drug-likeness (QED) is 0.621. The number of rotatable bonds is 2. The lowest BCUT2D eigenvalue weighted by molar-refractivity contribution is 0.666. The van der Waals surface area contributed by atoms with Crippen LogP contribution in [0.1, 0.15) is 6.42 Å². The highest BCUT2D eigenvalue weighted by Crippen LogP contribution is 2.18. The van der Waals surface area contributed by atoms with E-state index in [9.17, 15) is 0 Å². The average Bonchev–Trinajstić information content (AvgIpc) is 2.04. The van der Waals surface area contributed by atoms with Crippen LogP contribution in [0.2, 0.25) is 0 Å². The Morgan fingerprint density at radius 3 is 2.90 bits per heavy atom. The van der Waals surface area contributed by atoms with Crippen LogP contribution in [-0.4, -0.2) is 26.4 Å². The second-order valence-electron chi connectivity index (χ2n) is 2.28. The minimum atomic E-state index is 1.04. The van der Waals surface area contributed by atoms with Crippen molar-refractivity contribution in [1.29, 1.82) is 0 Å². The second-order valence-corrected chi connectivity index (χ2v) is 3.18. The Morgan fingerprint density at radius 2 is 2.40 bits per heavy atom. The molecule has 1 aliphatic heterocycles. The Hall–Kier alpha value is -0.150. The van der Waals surface area contributed by atoms with E-state index in [4.69, 9.17) is 0 Å². The summed E-state index contributed by atoms with van der Waals surface area (Å²) < 4.78 is 0. The molecule has 1 rings (SSSR count). The van der Waals surface area contributed by atoms with Crippen LogP contribution in [0.15, 0.2) is 10.6 Å². The van der Waals surface area contributed by atoms with Gasteiger partial charge in [0.1, 0.15) is 0 Å². The third-order valence-corrected chi connectivity index (χ3v) is 2.61. The smallest absolute Gasteiger partial charge is 0.0282 e. The fraction of sp³-hybridized carbons (Fsp3) is 0.714. The zero-order valence-corrected chi connectivity index (χ0v) is 7.35. The van der Waals surface area contributed by atoms with Gasteiger partial charge in [0, 0.05) is 37.2 Å². The van der Waals surface area contributed by atoms with E-state index in [2.05, 4.69) is 16.9 Å². The Morgan fingerprint density at radius 1 is 1.60 bits per heavy atom. The molecule has 1 aliphatic rings. The topological polar surface area (TPSA) is 24.1 Å². The maximum Gasteiger partial charge on any atom is 0.0282 e. The van der Waals surface area contributed by atoms with E-state index in [0.29, 0.717) is 0 Å². The monoisotopic (exact) mass is 158 g/mol. The molecule has 0 aromatic rings. The van der Waals surface area contributed by atoms with Crippen LogP contribution in [0, 0.1) is 0 Å². The van der Waals surface area contributed by atoms with E-state index in [1.807, 2.05) is 18.8 Å². The Kier molecular flexibility index (Phi) is 3.09. The molecule has 1 heterocycles. The summed E-state index contributed by atoms with van der Waals surface area (Å²) in [7, 11) is 2.00. The maximum absolute atomic E-state index is 3.33. The Bertz CT molecular complexity index is 127. The van der Waals surface area contributed by atoms with Gasteiger partial charge in [-0.3, -0.25) is 0 Å². The fourth-order valence-electron chi connectivity index (χ4n) is 1.12. The Labute approximate surface area is 66.5 Å². The van der Waals surface area contributed by atoms with Gasteiger partial charge in [-0.15, -0.1) is 11.8 Å². The molecule has 0 unspecified atom stereocenters. The molecule has 58 valence electrons. The van der Waals surface area contributed by atoms with Crippen molar-refractivity contribution < 1.29 is 0 Å². The second kappa shape index (κ2) is 3.88. The highest BCUT2D eigenvalue weighted by Gasteiger charge is 2.08. The van der Waals surface area contributed by atoms with Gasteiger partial charge in [-0.05, 0) is 6.26 Å². The predicted octanol–water partition coefficient (Wildman–Crippen LogP) is 0.774. The van der Waals surface area contributed by atoms with Gasteiger partial charge in [-0.2, -0.15) is 0 Å². The zero-order valence-electron chi connectivity index (χ0n) is 6.53. The first-order valence-corrected chi connectivity index (χ1v) is 4.75. The molecule has 0 bridgehead atoms. The minimum absolute atomic E-state index is 1.04. The third kappa shape index (κ3) is 1.67. The molecule has 0 radical (unpaired) electrons. The first-order valence-electron chi connectivity index (χ1n) is 3.53. The SMILES string of the molecule is CNC1=C(SC)CNCC1. The van der Waals surface area contributed by atoms with Gasteiger partial charge >= 0.3 is 0 Å². The van der Waals surface area contributed by atoms with Gasteiger partial charge in [0.2, 0.25) is 0 Å². The largest absolute Gasteiger partial charge is 0.391 e. The lowest BCUT2D eigenvalue weighted by atomic mass is 10.2. The summed E-state index contributed by atoms with van der Waals surface area (Å²) in [6.45, 7) is 2.15. The van der Waals surface area contributed by atoms with Gasteiger partial charge < -0.3 is 10.6 Å². The van der Waals surface area contributed by atoms with Crippen molar-refractivity contribution >= 4 is 11.8 Å². The van der Waals surface area contributed by atoms with E-state index in [1.165, 1.54) is 10.6 Å². The molecule has 0 amide bonds. The number of hydrogen-bond donors (Lipinski definition) is 2. The van der Waals surface area contributed by atoms with Crippen LogP contribution in [0.25, 0.3) is 0 Å². The molecular weight excluding hydrogens is 144 g/mol. The van der Waals surface area contributed by atoms with Crippen molar-refractivity contribution in [3.8, 4) is 0 Å². The van der Waals surface area contributed by atoms with Crippen molar-refractivity contribution in [2.45, 2.75) is 6.42 Å². The van der Waals surface area contributed by atoms with Crippen molar-refractivity contribution in [1.82, 2.24) is 10.6 Å². The van der Waals surface area contributed by atoms with Crippen LogP contribution in [0.3, 0.4) is 0 Å². The molecule has 0 fully saturated rings. The maximum atomic E-state index is 3.33. The minimum Gasteiger partial charge on any atom is -0.391 e. The summed E-state index contributed by atoms with van der Waals surface area (Å²) in [5.41, 5.74) is 1.41. The molecule has 2 N–H and O–H groups in total. The molecule has 0 atom stereocenters. The van der Waals surface area contributed by atoms with E-state index in [0.717, 1.165) is 19.5 Å². The summed E-state index contributed by atoms with van der Waals surface area (Å²) in [4.78, 5) is 1.45. The van der Waals surface area contributed by atoms with E-state index >= 15 is 0 Å². The number of nitrogens with one attached hydrogen (secondary N) is 2. The van der Waals surface area contributed by atoms with Crippen LogP contribution < -0.4 is 10.6 Å². The van der Waals surface area contributed by atoms with Crippen LogP contribution in [0.5, 0.6) is 0 Å². The molecule has 10 heavy (non-hydrogen) atoms. The normalized spacial score (nSPS) is 19.4. The fourth-order valence-corrected chi connectivity index (χ4v) is 1.82. The van der Waals surface area contributed by atoms with Crippen molar-refractivity contribution in [3.63, 3.8) is 0 Å². The van der Waals surface area contributed by atoms with Gasteiger partial charge in [0.25, 0.3) is 0 Å². The van der Waals surface area contributed by atoms with Crippen LogP contribution in [0.4, 0.5) is 0 Å². The summed E-state index contributed by atoms with van der Waals surface area (Å²) in [5, 5.41) is 6.56. The van der Waals surface area contributed by atoms with Crippen LogP contribution >= 0.6 is 11.8 Å². The average molecular weight is 158 g/mol. The van der Waals surface area contributed by atoms with Gasteiger partial charge in [-0.25, -0.2) is 0 Å². The van der Waals surface area contributed by atoms with Gasteiger partial charge in [0.15, 0.2) is 0 Å². The van der Waals surface area contributed by atoms with Crippen molar-refractivity contribution in [2.75, 3.05) is 26.4 Å². The highest BCUT2D eigenvalue weighted by atomic mass is 32.2. The molecule has 3 heteroatoms. The predicted molar refractivity (Wildman–Crippen MR) is 47.1 cm³/mol.